The van der Waals surface area contributed by atoms with E-state index in [4.69, 9.17) is 9.47 Å². The lowest BCUT2D eigenvalue weighted by atomic mass is 9.90. The summed E-state index contributed by atoms with van der Waals surface area (Å²) in [7, 11) is 0. The molecule has 0 radical (unpaired) electrons. The minimum atomic E-state index is -3.42. The molecule has 38 heavy (non-hydrogen) atoms. The van der Waals surface area contributed by atoms with Crippen molar-refractivity contribution in [2.24, 2.45) is 0 Å². The largest absolute Gasteiger partial charge is 0.480 e. The van der Waals surface area contributed by atoms with Crippen LogP contribution in [0, 0.1) is 0 Å². The van der Waals surface area contributed by atoms with E-state index in [1.807, 2.05) is 48.5 Å². The number of rotatable bonds is 5. The monoisotopic (exact) mass is 530 g/mol. The third-order valence-electron chi connectivity index (χ3n) is 7.04. The van der Waals surface area contributed by atoms with E-state index in [2.05, 4.69) is 10.6 Å². The Morgan fingerprint density at radius 1 is 0.947 bits per heavy atom. The molecule has 1 fully saturated rings. The van der Waals surface area contributed by atoms with Crippen molar-refractivity contribution in [3.8, 4) is 11.1 Å². The minimum Gasteiger partial charge on any atom is -0.480 e. The fourth-order valence-electron chi connectivity index (χ4n) is 5.13. The molecule has 0 heterocycles. The number of aliphatic carboxylic acids is 1. The quantitative estimate of drug-likeness (QED) is 0.443. The summed E-state index contributed by atoms with van der Waals surface area (Å²) < 4.78 is 40.6. The predicted molar refractivity (Wildman–Crippen MR) is 135 cm³/mol. The molecule has 2 unspecified atom stereocenters. The Kier molecular flexibility index (Phi) is 7.36. The van der Waals surface area contributed by atoms with Crippen LogP contribution in [0.3, 0.4) is 0 Å². The van der Waals surface area contributed by atoms with Gasteiger partial charge < -0.3 is 25.2 Å². The molecule has 3 N–H and O–H groups in total. The number of hydrogen-bond acceptors (Lipinski definition) is 5. The Balaban J connectivity index is 1.42. The second-order valence-corrected chi connectivity index (χ2v) is 10.8. The number of fused-ring (bicyclic) bond motifs is 3. The number of nitrogens with one attached hydrogen (secondary N) is 2. The summed E-state index contributed by atoms with van der Waals surface area (Å²) in [6.45, 7) is 4.78. The van der Waals surface area contributed by atoms with Gasteiger partial charge in [0.25, 0.3) is 5.92 Å². The molecule has 2 aliphatic rings. The smallest absolute Gasteiger partial charge is 0.408 e. The molecule has 0 aliphatic heterocycles. The number of hydrogen-bond donors (Lipinski definition) is 3. The molecule has 4 rings (SSSR count). The molecular weight excluding hydrogens is 498 g/mol. The normalized spacial score (nSPS) is 22.4. The van der Waals surface area contributed by atoms with Crippen LogP contribution in [-0.2, 0) is 14.3 Å². The van der Waals surface area contributed by atoms with Crippen LogP contribution in [0.5, 0.6) is 0 Å². The van der Waals surface area contributed by atoms with Crippen molar-refractivity contribution in [3.63, 3.8) is 0 Å². The fourth-order valence-corrected chi connectivity index (χ4v) is 5.13. The van der Waals surface area contributed by atoms with Gasteiger partial charge in [0.1, 0.15) is 17.7 Å². The van der Waals surface area contributed by atoms with Gasteiger partial charge >= 0.3 is 18.2 Å². The van der Waals surface area contributed by atoms with Crippen molar-refractivity contribution in [1.82, 2.24) is 10.6 Å². The van der Waals surface area contributed by atoms with E-state index >= 15 is 8.78 Å². The molecule has 2 aromatic rings. The molecule has 0 bridgehead atoms. The Morgan fingerprint density at radius 3 is 2.08 bits per heavy atom. The fraction of sp³-hybridized carbons (Fsp3) is 0.464. The molecule has 2 aromatic carbocycles. The maximum Gasteiger partial charge on any atom is 0.408 e. The van der Waals surface area contributed by atoms with Crippen LogP contribution in [0.25, 0.3) is 11.1 Å². The Hall–Kier alpha value is -3.69. The highest BCUT2D eigenvalue weighted by molar-refractivity contribution is 5.84. The number of amides is 2. The van der Waals surface area contributed by atoms with E-state index in [1.165, 1.54) is 0 Å². The summed E-state index contributed by atoms with van der Waals surface area (Å²) >= 11 is 0. The summed E-state index contributed by atoms with van der Waals surface area (Å²) in [5.74, 6) is -5.10. The van der Waals surface area contributed by atoms with Crippen molar-refractivity contribution >= 4 is 18.2 Å². The second-order valence-electron chi connectivity index (χ2n) is 10.8. The summed E-state index contributed by atoms with van der Waals surface area (Å²) in [5.41, 5.74) is 1.20. The lowest BCUT2D eigenvalue weighted by Gasteiger charge is -2.30. The van der Waals surface area contributed by atoms with Gasteiger partial charge in [0.2, 0.25) is 0 Å². The number of alkyl halides is 2. The molecular formula is C28H32F2N2O6. The molecule has 0 aromatic heterocycles. The van der Waals surface area contributed by atoms with Crippen LogP contribution in [0.1, 0.15) is 63.5 Å². The number of carboxylic acid groups (broad SMARTS) is 1. The van der Waals surface area contributed by atoms with Crippen molar-refractivity contribution in [2.45, 2.75) is 75.5 Å². The molecule has 0 saturated heterocycles. The zero-order chi connectivity index (χ0) is 27.7. The van der Waals surface area contributed by atoms with Crippen LogP contribution < -0.4 is 10.6 Å². The molecule has 0 spiro atoms. The van der Waals surface area contributed by atoms with Crippen LogP contribution in [0.15, 0.2) is 48.5 Å². The van der Waals surface area contributed by atoms with Gasteiger partial charge in [-0.05, 0) is 62.3 Å². The minimum absolute atomic E-state index is 0.0442. The zero-order valence-corrected chi connectivity index (χ0v) is 21.6. The average Bonchev–Trinajstić information content (AvgIpc) is 3.09. The van der Waals surface area contributed by atoms with Gasteiger partial charge in [0.15, 0.2) is 0 Å². The van der Waals surface area contributed by atoms with E-state index in [9.17, 15) is 19.5 Å². The number of carboxylic acids is 1. The van der Waals surface area contributed by atoms with Gasteiger partial charge in [-0.1, -0.05) is 48.5 Å². The van der Waals surface area contributed by atoms with Gasteiger partial charge in [-0.15, -0.1) is 0 Å². The maximum atomic E-state index is 15.0. The first-order valence-corrected chi connectivity index (χ1v) is 12.6. The van der Waals surface area contributed by atoms with Crippen LogP contribution in [0.2, 0.25) is 0 Å². The van der Waals surface area contributed by atoms with Gasteiger partial charge in [0.05, 0.1) is 6.04 Å². The maximum absolute atomic E-state index is 15.0. The molecule has 10 heteroatoms. The van der Waals surface area contributed by atoms with Crippen molar-refractivity contribution in [3.05, 3.63) is 59.7 Å². The van der Waals surface area contributed by atoms with Gasteiger partial charge in [-0.25, -0.2) is 23.2 Å². The first kappa shape index (κ1) is 27.3. The van der Waals surface area contributed by atoms with E-state index in [0.717, 1.165) is 22.3 Å². The lowest BCUT2D eigenvalue weighted by Crippen LogP contribution is -2.55. The zero-order valence-electron chi connectivity index (χ0n) is 21.6. The second kappa shape index (κ2) is 10.2. The summed E-state index contributed by atoms with van der Waals surface area (Å²) in [6, 6.07) is 13.8. The van der Waals surface area contributed by atoms with Crippen molar-refractivity contribution in [1.29, 1.82) is 0 Å². The lowest BCUT2D eigenvalue weighted by molar-refractivity contribution is -0.145. The highest BCUT2D eigenvalue weighted by atomic mass is 19.3. The van der Waals surface area contributed by atoms with Crippen molar-refractivity contribution < 1.29 is 37.7 Å². The first-order valence-electron chi connectivity index (χ1n) is 12.6. The SMILES string of the molecule is CC(C)(C)OC(=O)NC1(C(=O)O)CCC(NC(=O)OCC2c3ccccc3-c3ccccc32)C(F)(F)CC1. The third-order valence-corrected chi connectivity index (χ3v) is 7.04. The molecule has 1 saturated carbocycles. The molecule has 204 valence electrons. The number of ether oxygens (including phenoxy) is 2. The van der Waals surface area contributed by atoms with Crippen LogP contribution >= 0.6 is 0 Å². The van der Waals surface area contributed by atoms with E-state index < -0.39 is 54.1 Å². The third kappa shape index (κ3) is 5.74. The summed E-state index contributed by atoms with van der Waals surface area (Å²) in [4.78, 5) is 37.0. The average molecular weight is 531 g/mol. The Labute approximate surface area is 219 Å². The Morgan fingerprint density at radius 2 is 1.53 bits per heavy atom. The number of carbonyl (C=O) groups excluding carboxylic acids is 2. The van der Waals surface area contributed by atoms with Gasteiger partial charge in [-0.3, -0.25) is 0 Å². The summed E-state index contributed by atoms with van der Waals surface area (Å²) in [6.07, 6.45) is -4.13. The number of carbonyl (C=O) groups is 3. The van der Waals surface area contributed by atoms with Crippen LogP contribution in [0.4, 0.5) is 18.4 Å². The molecule has 8 nitrogen and oxygen atoms in total. The summed E-state index contributed by atoms with van der Waals surface area (Å²) in [5, 5.41) is 14.4. The predicted octanol–water partition coefficient (Wildman–Crippen LogP) is 5.45. The van der Waals surface area contributed by atoms with Crippen molar-refractivity contribution in [2.75, 3.05) is 6.61 Å². The highest BCUT2D eigenvalue weighted by Gasteiger charge is 2.51. The standard InChI is InChI=1S/C28H32F2N2O6/c1-26(2,3)38-25(36)32-27(23(33)34)13-12-22(28(29,30)15-14-27)31-24(35)37-16-21-19-10-6-4-8-17(19)18-9-5-7-11-20(18)21/h4-11,21-22H,12-16H2,1-3H3,(H,31,35)(H,32,36)(H,33,34). The van der Waals surface area contributed by atoms with E-state index in [-0.39, 0.29) is 25.4 Å². The molecule has 2 amide bonds. The number of alkyl carbamates (subject to hydrolysis) is 2. The van der Waals surface area contributed by atoms with E-state index in [1.54, 1.807) is 20.8 Å². The van der Waals surface area contributed by atoms with Gasteiger partial charge in [0, 0.05) is 12.3 Å². The topological polar surface area (TPSA) is 114 Å². The number of halogens is 2. The highest BCUT2D eigenvalue weighted by Crippen LogP contribution is 2.44. The number of benzene rings is 2. The van der Waals surface area contributed by atoms with E-state index in [0.29, 0.717) is 0 Å². The molecule has 2 atom stereocenters. The first-order chi connectivity index (χ1) is 17.8. The molecule has 2 aliphatic carbocycles. The Bertz CT molecular complexity index is 1180. The van der Waals surface area contributed by atoms with Crippen LogP contribution in [-0.4, -0.2) is 53.0 Å². The van der Waals surface area contributed by atoms with Gasteiger partial charge in [-0.2, -0.15) is 0 Å².